The molecule has 0 bridgehead atoms. The van der Waals surface area contributed by atoms with Crippen molar-refractivity contribution >= 4 is 28.7 Å². The molecule has 0 amide bonds. The molecule has 0 saturated carbocycles. The summed E-state index contributed by atoms with van der Waals surface area (Å²) in [4.78, 5) is 12.9. The number of hydrogen-bond acceptors (Lipinski definition) is 2. The van der Waals surface area contributed by atoms with Gasteiger partial charge in [0.2, 0.25) is 5.78 Å². The number of carbonyl (C=O) groups is 1. The quantitative estimate of drug-likeness (QED) is 0.729. The molecule has 0 fully saturated rings. The Kier molecular flexibility index (Phi) is 3.13. The third-order valence-electron chi connectivity index (χ3n) is 2.53. The molecule has 1 aromatic carbocycles. The summed E-state index contributed by atoms with van der Waals surface area (Å²) in [5, 5.41) is 2.38. The molecule has 1 heterocycles. The molecule has 0 unspecified atom stereocenters. The number of halogens is 1. The molecule has 1 aromatic heterocycles. The normalized spacial score (nSPS) is 10.4. The van der Waals surface area contributed by atoms with Gasteiger partial charge in [0.05, 0.1) is 9.90 Å². The topological polar surface area (TPSA) is 17.1 Å². The molecule has 0 aliphatic heterocycles. The molecular weight excluding hydrogens is 240 g/mol. The average Bonchev–Trinajstić information content (AvgIpc) is 2.64. The van der Waals surface area contributed by atoms with Crippen molar-refractivity contribution in [2.75, 3.05) is 0 Å². The van der Waals surface area contributed by atoms with E-state index in [2.05, 4.69) is 0 Å². The number of rotatable bonds is 2. The van der Waals surface area contributed by atoms with Gasteiger partial charge in [0.1, 0.15) is 0 Å². The number of thiophene rings is 1. The molecule has 2 rings (SSSR count). The fraction of sp³-hybridized carbons (Fsp3) is 0.154. The molecule has 82 valence electrons. The van der Waals surface area contributed by atoms with E-state index < -0.39 is 0 Å². The van der Waals surface area contributed by atoms with Crippen LogP contribution in [0.15, 0.2) is 29.6 Å². The summed E-state index contributed by atoms with van der Waals surface area (Å²) in [5.41, 5.74) is 2.76. The smallest absolute Gasteiger partial charge is 0.204 e. The molecule has 2 aromatic rings. The van der Waals surface area contributed by atoms with Crippen LogP contribution >= 0.6 is 22.9 Å². The Labute approximate surface area is 104 Å². The van der Waals surface area contributed by atoms with Gasteiger partial charge in [-0.2, -0.15) is 0 Å². The largest absolute Gasteiger partial charge is 0.288 e. The van der Waals surface area contributed by atoms with Crippen molar-refractivity contribution in [1.82, 2.24) is 0 Å². The number of aryl methyl sites for hydroxylation is 2. The minimum absolute atomic E-state index is 0.0237. The zero-order valence-electron chi connectivity index (χ0n) is 9.08. The van der Waals surface area contributed by atoms with Gasteiger partial charge in [-0.1, -0.05) is 29.8 Å². The van der Waals surface area contributed by atoms with Crippen LogP contribution in [-0.4, -0.2) is 5.78 Å². The van der Waals surface area contributed by atoms with Crippen LogP contribution in [0.3, 0.4) is 0 Å². The third-order valence-corrected chi connectivity index (χ3v) is 3.87. The van der Waals surface area contributed by atoms with Crippen LogP contribution in [0.25, 0.3) is 0 Å². The standard InChI is InChI=1S/C13H11ClOS/c1-8-4-3-5-9(2)11(8)12(15)13-10(14)6-7-16-13/h3-7H,1-2H3. The summed E-state index contributed by atoms with van der Waals surface area (Å²) in [6, 6.07) is 7.61. The van der Waals surface area contributed by atoms with Crippen LogP contribution in [0.1, 0.15) is 26.4 Å². The van der Waals surface area contributed by atoms with E-state index >= 15 is 0 Å². The molecule has 0 N–H and O–H groups in total. The molecule has 0 atom stereocenters. The second-order valence-corrected chi connectivity index (χ2v) is 5.02. The average molecular weight is 251 g/mol. The van der Waals surface area contributed by atoms with E-state index in [0.717, 1.165) is 16.7 Å². The molecule has 1 nitrogen and oxygen atoms in total. The van der Waals surface area contributed by atoms with Gasteiger partial charge in [0, 0.05) is 5.56 Å². The van der Waals surface area contributed by atoms with E-state index in [1.807, 2.05) is 37.4 Å². The second kappa shape index (κ2) is 4.40. The molecule has 0 radical (unpaired) electrons. The van der Waals surface area contributed by atoms with Gasteiger partial charge in [-0.25, -0.2) is 0 Å². The van der Waals surface area contributed by atoms with Crippen molar-refractivity contribution in [3.05, 3.63) is 56.2 Å². The minimum Gasteiger partial charge on any atom is -0.288 e. The molecular formula is C13H11ClOS. The van der Waals surface area contributed by atoms with E-state index in [9.17, 15) is 4.79 Å². The van der Waals surface area contributed by atoms with Crippen LogP contribution < -0.4 is 0 Å². The van der Waals surface area contributed by atoms with Crippen molar-refractivity contribution in [3.63, 3.8) is 0 Å². The van der Waals surface area contributed by atoms with Crippen LogP contribution in [0.5, 0.6) is 0 Å². The summed E-state index contributed by atoms with van der Waals surface area (Å²) in [6.07, 6.45) is 0. The van der Waals surface area contributed by atoms with Crippen molar-refractivity contribution in [1.29, 1.82) is 0 Å². The summed E-state index contributed by atoms with van der Waals surface area (Å²) < 4.78 is 0. The lowest BCUT2D eigenvalue weighted by Gasteiger charge is -2.07. The molecule has 0 aliphatic rings. The Hall–Kier alpha value is -1.12. The Morgan fingerprint density at radius 3 is 2.31 bits per heavy atom. The van der Waals surface area contributed by atoms with Crippen molar-refractivity contribution in [2.45, 2.75) is 13.8 Å². The van der Waals surface area contributed by atoms with E-state index in [1.54, 1.807) is 6.07 Å². The number of hydrogen-bond donors (Lipinski definition) is 0. The molecule has 0 aliphatic carbocycles. The third kappa shape index (κ3) is 1.91. The Morgan fingerprint density at radius 1 is 1.19 bits per heavy atom. The fourth-order valence-corrected chi connectivity index (χ4v) is 2.83. The summed E-state index contributed by atoms with van der Waals surface area (Å²) >= 11 is 7.37. The first-order chi connectivity index (χ1) is 7.61. The maximum absolute atomic E-state index is 12.3. The van der Waals surface area contributed by atoms with Gasteiger partial charge in [-0.3, -0.25) is 4.79 Å². The number of carbonyl (C=O) groups excluding carboxylic acids is 1. The Balaban J connectivity index is 2.54. The molecule has 16 heavy (non-hydrogen) atoms. The van der Waals surface area contributed by atoms with Gasteiger partial charge in [0.25, 0.3) is 0 Å². The van der Waals surface area contributed by atoms with Crippen molar-refractivity contribution < 1.29 is 4.79 Å². The molecule has 0 spiro atoms. The predicted molar refractivity (Wildman–Crippen MR) is 68.7 cm³/mol. The zero-order valence-corrected chi connectivity index (χ0v) is 10.7. The number of ketones is 1. The summed E-state index contributed by atoms with van der Waals surface area (Å²) in [7, 11) is 0. The highest BCUT2D eigenvalue weighted by Gasteiger charge is 2.17. The first-order valence-corrected chi connectivity index (χ1v) is 6.21. The molecule has 0 saturated heterocycles. The van der Waals surface area contributed by atoms with E-state index in [-0.39, 0.29) is 5.78 Å². The lowest BCUT2D eigenvalue weighted by atomic mass is 9.98. The van der Waals surface area contributed by atoms with Gasteiger partial charge in [-0.05, 0) is 36.4 Å². The molecule has 3 heteroatoms. The highest BCUT2D eigenvalue weighted by atomic mass is 35.5. The van der Waals surface area contributed by atoms with Crippen LogP contribution in [-0.2, 0) is 0 Å². The van der Waals surface area contributed by atoms with E-state index in [4.69, 9.17) is 11.6 Å². The van der Waals surface area contributed by atoms with Crippen LogP contribution in [0.2, 0.25) is 5.02 Å². The maximum atomic E-state index is 12.3. The maximum Gasteiger partial charge on any atom is 0.204 e. The Bertz CT molecular complexity index is 522. The Morgan fingerprint density at radius 2 is 1.81 bits per heavy atom. The highest BCUT2D eigenvalue weighted by molar-refractivity contribution is 7.13. The van der Waals surface area contributed by atoms with Crippen molar-refractivity contribution in [3.8, 4) is 0 Å². The lowest BCUT2D eigenvalue weighted by Crippen LogP contribution is -2.04. The van der Waals surface area contributed by atoms with Crippen molar-refractivity contribution in [2.24, 2.45) is 0 Å². The highest BCUT2D eigenvalue weighted by Crippen LogP contribution is 2.27. The predicted octanol–water partition coefficient (Wildman–Crippen LogP) is 4.25. The summed E-state index contributed by atoms with van der Waals surface area (Å²) in [5.74, 6) is 0.0237. The van der Waals surface area contributed by atoms with Crippen LogP contribution in [0, 0.1) is 13.8 Å². The monoisotopic (exact) mass is 250 g/mol. The van der Waals surface area contributed by atoms with Gasteiger partial charge >= 0.3 is 0 Å². The SMILES string of the molecule is Cc1cccc(C)c1C(=O)c1sccc1Cl. The number of benzene rings is 1. The van der Waals surface area contributed by atoms with Crippen LogP contribution in [0.4, 0.5) is 0 Å². The van der Waals surface area contributed by atoms with Gasteiger partial charge in [0.15, 0.2) is 0 Å². The van der Waals surface area contributed by atoms with Gasteiger partial charge in [-0.15, -0.1) is 11.3 Å². The first-order valence-electron chi connectivity index (χ1n) is 4.95. The van der Waals surface area contributed by atoms with E-state index in [0.29, 0.717) is 9.90 Å². The lowest BCUT2D eigenvalue weighted by molar-refractivity contribution is 0.104. The second-order valence-electron chi connectivity index (χ2n) is 3.69. The zero-order chi connectivity index (χ0) is 11.7. The first kappa shape index (κ1) is 11.4. The fourth-order valence-electron chi connectivity index (χ4n) is 1.74. The van der Waals surface area contributed by atoms with Gasteiger partial charge < -0.3 is 0 Å². The van der Waals surface area contributed by atoms with E-state index in [1.165, 1.54) is 11.3 Å². The summed E-state index contributed by atoms with van der Waals surface area (Å²) in [6.45, 7) is 3.89. The minimum atomic E-state index is 0.0237.